The minimum atomic E-state index is -0.781. The highest BCUT2D eigenvalue weighted by Crippen LogP contribution is 2.49. The van der Waals surface area contributed by atoms with Crippen molar-refractivity contribution in [2.45, 2.75) is 64.2 Å². The lowest BCUT2D eigenvalue weighted by molar-refractivity contribution is -0.143. The van der Waals surface area contributed by atoms with Crippen molar-refractivity contribution in [1.82, 2.24) is 0 Å². The Labute approximate surface area is 127 Å². The summed E-state index contributed by atoms with van der Waals surface area (Å²) in [5.74, 6) is 0.0549. The first-order valence-corrected chi connectivity index (χ1v) is 7.66. The van der Waals surface area contributed by atoms with E-state index < -0.39 is 11.4 Å². The van der Waals surface area contributed by atoms with Crippen molar-refractivity contribution >= 4 is 5.97 Å². The van der Waals surface area contributed by atoms with E-state index in [1.807, 2.05) is 13.0 Å². The van der Waals surface area contributed by atoms with E-state index in [-0.39, 0.29) is 5.41 Å². The average Bonchev–Trinajstić information content (AvgIpc) is 2.87. The Hall–Kier alpha value is -1.51. The zero-order valence-corrected chi connectivity index (χ0v) is 13.7. The van der Waals surface area contributed by atoms with Gasteiger partial charge in [0.15, 0.2) is 0 Å². The Morgan fingerprint density at radius 2 is 1.81 bits per heavy atom. The van der Waals surface area contributed by atoms with Crippen LogP contribution in [0.3, 0.4) is 0 Å². The van der Waals surface area contributed by atoms with Crippen LogP contribution in [0.15, 0.2) is 12.1 Å². The van der Waals surface area contributed by atoms with Crippen molar-refractivity contribution in [1.29, 1.82) is 0 Å². The van der Waals surface area contributed by atoms with Crippen molar-refractivity contribution in [2.75, 3.05) is 7.11 Å². The molecular weight excluding hydrogens is 264 g/mol. The first kappa shape index (κ1) is 15.9. The fraction of sp³-hybridized carbons (Fsp3) is 0.611. The molecule has 1 N–H and O–H groups in total. The standard InChI is InChI=1S/C18H26O3/c1-12-8-9-13(17(2,3)4)15(21-5)14(12)18(16(19)20)10-6-7-11-18/h8-9H,6-7,10-11H2,1-5H3,(H,19,20). The summed E-state index contributed by atoms with van der Waals surface area (Å²) in [7, 11) is 1.65. The molecule has 1 aliphatic rings. The quantitative estimate of drug-likeness (QED) is 0.907. The van der Waals surface area contributed by atoms with E-state index in [0.29, 0.717) is 12.8 Å². The van der Waals surface area contributed by atoms with E-state index in [1.165, 1.54) is 0 Å². The maximum atomic E-state index is 12.0. The summed E-state index contributed by atoms with van der Waals surface area (Å²) in [6, 6.07) is 4.11. The van der Waals surface area contributed by atoms with E-state index in [4.69, 9.17) is 4.74 Å². The Balaban J connectivity index is 2.75. The van der Waals surface area contributed by atoms with Crippen molar-refractivity contribution in [3.8, 4) is 5.75 Å². The third kappa shape index (κ3) is 2.54. The van der Waals surface area contributed by atoms with Crippen LogP contribution in [-0.2, 0) is 15.6 Å². The lowest BCUT2D eigenvalue weighted by Crippen LogP contribution is -2.34. The van der Waals surface area contributed by atoms with Crippen LogP contribution >= 0.6 is 0 Å². The molecule has 0 unspecified atom stereocenters. The van der Waals surface area contributed by atoms with Crippen LogP contribution in [0.4, 0.5) is 0 Å². The number of aliphatic carboxylic acids is 1. The van der Waals surface area contributed by atoms with Crippen molar-refractivity contribution in [3.05, 3.63) is 28.8 Å². The molecule has 0 saturated heterocycles. The summed E-state index contributed by atoms with van der Waals surface area (Å²) in [6.45, 7) is 8.39. The fourth-order valence-electron chi connectivity index (χ4n) is 3.63. The van der Waals surface area contributed by atoms with Gasteiger partial charge in [0, 0.05) is 5.56 Å². The van der Waals surface area contributed by atoms with Crippen molar-refractivity contribution in [2.24, 2.45) is 0 Å². The van der Waals surface area contributed by atoms with E-state index >= 15 is 0 Å². The summed E-state index contributed by atoms with van der Waals surface area (Å²) < 4.78 is 5.71. The molecule has 0 bridgehead atoms. The predicted molar refractivity (Wildman–Crippen MR) is 84.2 cm³/mol. The lowest BCUT2D eigenvalue weighted by Gasteiger charge is -2.32. The molecular formula is C18H26O3. The number of hydrogen-bond acceptors (Lipinski definition) is 2. The van der Waals surface area contributed by atoms with E-state index in [0.717, 1.165) is 35.3 Å². The number of benzene rings is 1. The summed E-state index contributed by atoms with van der Waals surface area (Å²) >= 11 is 0. The Morgan fingerprint density at radius 1 is 1.24 bits per heavy atom. The number of hydrogen-bond donors (Lipinski definition) is 1. The number of carboxylic acid groups (broad SMARTS) is 1. The first-order chi connectivity index (χ1) is 9.74. The molecule has 1 aromatic rings. The number of aryl methyl sites for hydroxylation is 1. The molecule has 0 amide bonds. The van der Waals surface area contributed by atoms with Crippen LogP contribution in [0.2, 0.25) is 0 Å². The molecule has 0 aliphatic heterocycles. The lowest BCUT2D eigenvalue weighted by atomic mass is 9.73. The molecule has 0 radical (unpaired) electrons. The number of carbonyl (C=O) groups is 1. The molecule has 1 aromatic carbocycles. The molecule has 2 rings (SSSR count). The molecule has 1 saturated carbocycles. The van der Waals surface area contributed by atoms with Crippen molar-refractivity contribution < 1.29 is 14.6 Å². The van der Waals surface area contributed by atoms with E-state index in [1.54, 1.807) is 7.11 Å². The van der Waals surface area contributed by atoms with Gasteiger partial charge >= 0.3 is 5.97 Å². The second kappa shape index (κ2) is 5.36. The molecule has 116 valence electrons. The molecule has 21 heavy (non-hydrogen) atoms. The van der Waals surface area contributed by atoms with Gasteiger partial charge in [-0.05, 0) is 36.3 Å². The molecule has 1 aliphatic carbocycles. The zero-order chi connectivity index (χ0) is 15.8. The Kier molecular flexibility index (Phi) is 4.05. The number of carboxylic acids is 1. The highest BCUT2D eigenvalue weighted by Gasteiger charge is 2.46. The first-order valence-electron chi connectivity index (χ1n) is 7.66. The summed E-state index contributed by atoms with van der Waals surface area (Å²) in [5, 5.41) is 9.90. The topological polar surface area (TPSA) is 46.5 Å². The summed E-state index contributed by atoms with van der Waals surface area (Å²) in [5.41, 5.74) is 2.13. The van der Waals surface area contributed by atoms with Gasteiger partial charge in [0.25, 0.3) is 0 Å². The highest BCUT2D eigenvalue weighted by atomic mass is 16.5. The minimum absolute atomic E-state index is 0.0773. The molecule has 3 heteroatoms. The summed E-state index contributed by atoms with van der Waals surface area (Å²) in [4.78, 5) is 12.0. The van der Waals surface area contributed by atoms with Gasteiger partial charge < -0.3 is 9.84 Å². The molecule has 3 nitrogen and oxygen atoms in total. The monoisotopic (exact) mass is 290 g/mol. The number of rotatable bonds is 3. The van der Waals surface area contributed by atoms with Gasteiger partial charge in [0.05, 0.1) is 12.5 Å². The number of methoxy groups -OCH3 is 1. The predicted octanol–water partition coefficient (Wildman–Crippen LogP) is 4.20. The molecule has 0 atom stereocenters. The third-order valence-corrected chi connectivity index (χ3v) is 4.72. The molecule has 0 aromatic heterocycles. The maximum absolute atomic E-state index is 12.0. The van der Waals surface area contributed by atoms with Crippen LogP contribution < -0.4 is 4.74 Å². The highest BCUT2D eigenvalue weighted by molar-refractivity contribution is 5.84. The Bertz CT molecular complexity index is 546. The van der Waals surface area contributed by atoms with E-state index in [9.17, 15) is 9.90 Å². The fourth-order valence-corrected chi connectivity index (χ4v) is 3.63. The minimum Gasteiger partial charge on any atom is -0.496 e. The third-order valence-electron chi connectivity index (χ3n) is 4.72. The zero-order valence-electron chi connectivity index (χ0n) is 13.7. The van der Waals surface area contributed by atoms with Crippen LogP contribution in [-0.4, -0.2) is 18.2 Å². The van der Waals surface area contributed by atoms with Gasteiger partial charge in [0.1, 0.15) is 5.75 Å². The van der Waals surface area contributed by atoms with Crippen LogP contribution in [0.1, 0.15) is 63.1 Å². The Morgan fingerprint density at radius 3 is 2.24 bits per heavy atom. The summed E-state index contributed by atoms with van der Waals surface area (Å²) in [6.07, 6.45) is 3.34. The van der Waals surface area contributed by atoms with Gasteiger partial charge in [-0.15, -0.1) is 0 Å². The van der Waals surface area contributed by atoms with Gasteiger partial charge in [-0.1, -0.05) is 45.7 Å². The van der Waals surface area contributed by atoms with Crippen molar-refractivity contribution in [3.63, 3.8) is 0 Å². The van der Waals surface area contributed by atoms with E-state index in [2.05, 4.69) is 26.8 Å². The van der Waals surface area contributed by atoms with Crippen LogP contribution in [0.25, 0.3) is 0 Å². The van der Waals surface area contributed by atoms with Crippen LogP contribution in [0.5, 0.6) is 5.75 Å². The van der Waals surface area contributed by atoms with Gasteiger partial charge in [-0.25, -0.2) is 0 Å². The largest absolute Gasteiger partial charge is 0.496 e. The van der Waals surface area contributed by atoms with Crippen LogP contribution in [0, 0.1) is 6.92 Å². The second-order valence-corrected chi connectivity index (χ2v) is 7.18. The van der Waals surface area contributed by atoms with Gasteiger partial charge in [-0.3, -0.25) is 4.79 Å². The van der Waals surface area contributed by atoms with Gasteiger partial charge in [0.2, 0.25) is 0 Å². The smallest absolute Gasteiger partial charge is 0.314 e. The number of ether oxygens (including phenoxy) is 1. The second-order valence-electron chi connectivity index (χ2n) is 7.18. The van der Waals surface area contributed by atoms with Gasteiger partial charge in [-0.2, -0.15) is 0 Å². The molecule has 0 spiro atoms. The average molecular weight is 290 g/mol. The SMILES string of the molecule is COc1c(C(C)(C)C)ccc(C)c1C1(C(=O)O)CCCC1. The molecule has 0 heterocycles. The molecule has 1 fully saturated rings. The normalized spacial score (nSPS) is 17.8. The maximum Gasteiger partial charge on any atom is 0.314 e.